The Morgan fingerprint density at radius 1 is 0.373 bits per heavy atom. The highest BCUT2D eigenvalue weighted by Crippen LogP contribution is 2.35. The van der Waals surface area contributed by atoms with Crippen LogP contribution in [0.25, 0.3) is 96.3 Å². The maximum absolute atomic E-state index is 6.25. The highest BCUT2D eigenvalue weighted by Gasteiger charge is 2.22. The number of rotatable bonds is 6. The second kappa shape index (κ2) is 11.7. The molecule has 4 heterocycles. The van der Waals surface area contributed by atoms with Crippen molar-refractivity contribution in [2.45, 2.75) is 0 Å². The first kappa shape index (κ1) is 28.7. The van der Waals surface area contributed by atoms with Gasteiger partial charge in [0.15, 0.2) is 34.5 Å². The minimum atomic E-state index is 0.426. The summed E-state index contributed by atoms with van der Waals surface area (Å²) in [5, 5.41) is 0. The molecule has 51 heavy (non-hydrogen) atoms. The average molecular weight is 660 g/mol. The van der Waals surface area contributed by atoms with Gasteiger partial charge in [-0.2, -0.15) is 0 Å². The van der Waals surface area contributed by atoms with Crippen molar-refractivity contribution >= 4 is 33.2 Å². The molecule has 0 radical (unpaired) electrons. The molecule has 0 atom stereocenters. The van der Waals surface area contributed by atoms with E-state index in [4.69, 9.17) is 38.7 Å². The minimum absolute atomic E-state index is 0.426. The van der Waals surface area contributed by atoms with Crippen LogP contribution in [-0.2, 0) is 0 Å². The molecule has 0 amide bonds. The molecule has 0 spiro atoms. The first-order valence-electron chi connectivity index (χ1n) is 16.5. The molecule has 9 heteroatoms. The van der Waals surface area contributed by atoms with E-state index in [1.165, 1.54) is 0 Å². The fourth-order valence-electron chi connectivity index (χ4n) is 6.33. The lowest BCUT2D eigenvalue weighted by Crippen LogP contribution is -2.05. The summed E-state index contributed by atoms with van der Waals surface area (Å²) in [5.74, 6) is 2.89. The van der Waals surface area contributed by atoms with Gasteiger partial charge in [-0.3, -0.25) is 4.57 Å². The van der Waals surface area contributed by atoms with Crippen LogP contribution in [0.2, 0.25) is 0 Å². The molecule has 0 bridgehead atoms. The Labute approximate surface area is 290 Å². The second-order valence-corrected chi connectivity index (χ2v) is 12.0. The summed E-state index contributed by atoms with van der Waals surface area (Å²) in [7, 11) is 0. The van der Waals surface area contributed by atoms with Gasteiger partial charge in [-0.25, -0.2) is 29.9 Å². The zero-order chi connectivity index (χ0) is 33.7. The van der Waals surface area contributed by atoms with Crippen LogP contribution >= 0.6 is 0 Å². The lowest BCUT2D eigenvalue weighted by molar-refractivity contribution is 0.617. The van der Waals surface area contributed by atoms with Crippen LogP contribution in [0.15, 0.2) is 160 Å². The molecule has 240 valence electrons. The van der Waals surface area contributed by atoms with Gasteiger partial charge in [0.25, 0.3) is 0 Å². The molecule has 0 aliphatic carbocycles. The Bertz CT molecular complexity index is 2720. The Balaban J connectivity index is 1.23. The van der Waals surface area contributed by atoms with Crippen LogP contribution in [0.3, 0.4) is 0 Å². The predicted molar refractivity (Wildman–Crippen MR) is 197 cm³/mol. The smallest absolute Gasteiger partial charge is 0.227 e. The summed E-state index contributed by atoms with van der Waals surface area (Å²) < 4.78 is 14.6. The van der Waals surface area contributed by atoms with Crippen molar-refractivity contribution in [1.29, 1.82) is 0 Å². The number of nitrogens with zero attached hydrogens (tertiary/aromatic N) is 7. The van der Waals surface area contributed by atoms with Gasteiger partial charge in [0.2, 0.25) is 11.8 Å². The molecule has 0 N–H and O–H groups in total. The molecule has 10 aromatic rings. The third kappa shape index (κ3) is 5.12. The maximum Gasteiger partial charge on any atom is 0.227 e. The predicted octanol–water partition coefficient (Wildman–Crippen LogP) is 9.83. The van der Waals surface area contributed by atoms with Crippen molar-refractivity contribution in [3.05, 3.63) is 152 Å². The molecule has 6 aromatic carbocycles. The quantitative estimate of drug-likeness (QED) is 0.174. The Kier molecular flexibility index (Phi) is 6.60. The van der Waals surface area contributed by atoms with E-state index < -0.39 is 0 Å². The largest absolute Gasteiger partial charge is 0.436 e. The topological polar surface area (TPSA) is 109 Å². The van der Waals surface area contributed by atoms with Gasteiger partial charge in [-0.1, -0.05) is 84.9 Å². The van der Waals surface area contributed by atoms with E-state index in [0.29, 0.717) is 51.8 Å². The number of imidazole rings is 1. The van der Waals surface area contributed by atoms with Crippen LogP contribution in [0.1, 0.15) is 0 Å². The Morgan fingerprint density at radius 2 is 0.863 bits per heavy atom. The normalized spacial score (nSPS) is 11.5. The molecule has 10 rings (SSSR count). The molecule has 0 aliphatic heterocycles. The Morgan fingerprint density at radius 3 is 1.49 bits per heavy atom. The van der Waals surface area contributed by atoms with Crippen LogP contribution in [0, 0.1) is 0 Å². The zero-order valence-corrected chi connectivity index (χ0v) is 26.9. The molecule has 0 saturated heterocycles. The molecule has 0 unspecified atom stereocenters. The number of hydrogen-bond donors (Lipinski definition) is 0. The van der Waals surface area contributed by atoms with Crippen molar-refractivity contribution in [1.82, 2.24) is 34.5 Å². The number of fused-ring (bicyclic) bond motifs is 3. The summed E-state index contributed by atoms with van der Waals surface area (Å²) in [4.78, 5) is 29.9. The van der Waals surface area contributed by atoms with E-state index in [0.717, 1.165) is 44.4 Å². The van der Waals surface area contributed by atoms with Crippen molar-refractivity contribution in [3.63, 3.8) is 0 Å². The summed E-state index contributed by atoms with van der Waals surface area (Å²) in [6.45, 7) is 0. The molecule has 0 aliphatic rings. The van der Waals surface area contributed by atoms with Gasteiger partial charge in [-0.15, -0.1) is 0 Å². The van der Waals surface area contributed by atoms with Gasteiger partial charge in [0, 0.05) is 27.9 Å². The Hall–Kier alpha value is -7.26. The van der Waals surface area contributed by atoms with E-state index >= 15 is 0 Å². The first-order valence-corrected chi connectivity index (χ1v) is 16.5. The second-order valence-electron chi connectivity index (χ2n) is 12.0. The van der Waals surface area contributed by atoms with Crippen molar-refractivity contribution < 1.29 is 8.83 Å². The summed E-state index contributed by atoms with van der Waals surface area (Å²) in [6.07, 6.45) is 0. The van der Waals surface area contributed by atoms with Gasteiger partial charge < -0.3 is 8.83 Å². The first-order chi connectivity index (χ1) is 25.2. The minimum Gasteiger partial charge on any atom is -0.436 e. The zero-order valence-electron chi connectivity index (χ0n) is 26.9. The van der Waals surface area contributed by atoms with E-state index in [-0.39, 0.29) is 0 Å². The molecular formula is C42H25N7O2. The number of aromatic nitrogens is 7. The van der Waals surface area contributed by atoms with Crippen molar-refractivity contribution in [2.24, 2.45) is 0 Å². The average Bonchev–Trinajstić information content (AvgIpc) is 3.94. The highest BCUT2D eigenvalue weighted by molar-refractivity contribution is 5.84. The molecule has 0 fully saturated rings. The number of oxazole rings is 2. The van der Waals surface area contributed by atoms with Gasteiger partial charge in [0.05, 0.1) is 11.0 Å². The lowest BCUT2D eigenvalue weighted by atomic mass is 10.0. The SMILES string of the molecule is c1ccc(-c2nc(-c3cc(-c4nc5ccccc5o4)cc(-c4nc5ccccc5o4)c3)nc(-c3nc4ccccc4n3-c3ccccc3)n2)cc1. The van der Waals surface area contributed by atoms with Crippen LogP contribution in [0.5, 0.6) is 0 Å². The third-order valence-corrected chi connectivity index (χ3v) is 8.72. The summed E-state index contributed by atoms with van der Waals surface area (Å²) in [6, 6.07) is 49.3. The number of hydrogen-bond acceptors (Lipinski definition) is 8. The molecular weight excluding hydrogens is 635 g/mol. The fourth-order valence-corrected chi connectivity index (χ4v) is 6.33. The fraction of sp³-hybridized carbons (Fsp3) is 0. The lowest BCUT2D eigenvalue weighted by Gasteiger charge is -2.12. The molecule has 4 aromatic heterocycles. The maximum atomic E-state index is 6.25. The van der Waals surface area contributed by atoms with Crippen LogP contribution in [0.4, 0.5) is 0 Å². The molecule has 0 saturated carbocycles. The van der Waals surface area contributed by atoms with E-state index in [1.807, 2.05) is 146 Å². The van der Waals surface area contributed by atoms with E-state index in [1.54, 1.807) is 0 Å². The monoisotopic (exact) mass is 659 g/mol. The van der Waals surface area contributed by atoms with Crippen LogP contribution in [-0.4, -0.2) is 34.5 Å². The van der Waals surface area contributed by atoms with Crippen LogP contribution < -0.4 is 0 Å². The highest BCUT2D eigenvalue weighted by atomic mass is 16.4. The summed E-state index contributed by atoms with van der Waals surface area (Å²) >= 11 is 0. The van der Waals surface area contributed by atoms with E-state index in [2.05, 4.69) is 10.6 Å². The van der Waals surface area contributed by atoms with E-state index in [9.17, 15) is 0 Å². The van der Waals surface area contributed by atoms with Crippen molar-refractivity contribution in [2.75, 3.05) is 0 Å². The molecule has 9 nitrogen and oxygen atoms in total. The third-order valence-electron chi connectivity index (χ3n) is 8.72. The standard InChI is InChI=1S/C42H25N7O2/c1-3-13-26(14-4-1)37-46-38(48-39(47-37)40-43-31-17-7-10-20-34(31)49(40)30-15-5-2-6-16-30)27-23-28(41-44-32-18-8-11-21-35(32)50-41)25-29(24-27)42-45-33-19-9-12-22-36(33)51-42/h1-25H. The van der Waals surface area contributed by atoms with Crippen molar-refractivity contribution in [3.8, 4) is 63.0 Å². The van der Waals surface area contributed by atoms with Gasteiger partial charge in [-0.05, 0) is 66.7 Å². The number of para-hydroxylation sites is 7. The number of benzene rings is 6. The van der Waals surface area contributed by atoms with Gasteiger partial charge in [0.1, 0.15) is 11.0 Å². The van der Waals surface area contributed by atoms with Gasteiger partial charge >= 0.3 is 0 Å². The summed E-state index contributed by atoms with van der Waals surface area (Å²) in [5.41, 5.74) is 8.61.